The zero-order valence-electron chi connectivity index (χ0n) is 67.7. The molecule has 608 valence electrons. The first-order chi connectivity index (χ1) is 53.0. The molecule has 0 saturated heterocycles. The van der Waals surface area contributed by atoms with Crippen LogP contribution in [0.4, 0.5) is 10.3 Å². The average Bonchev–Trinajstić information content (AvgIpc) is 1.63. The fraction of sp³-hybridized carbons (Fsp3) is 0.586. The number of hydrogen-bond acceptors (Lipinski definition) is 21. The fourth-order valence-corrected chi connectivity index (χ4v) is 21.8. The third-order valence-electron chi connectivity index (χ3n) is 22.4. The second kappa shape index (κ2) is 43.6. The fourth-order valence-electron chi connectivity index (χ4n) is 15.8. The van der Waals surface area contributed by atoms with Gasteiger partial charge in [-0.3, -0.25) is 0 Å². The maximum Gasteiger partial charge on any atom is 0.210 e. The van der Waals surface area contributed by atoms with Crippen molar-refractivity contribution in [2.45, 2.75) is 306 Å². The molecule has 3 aromatic carbocycles. The van der Waals surface area contributed by atoms with Gasteiger partial charge < -0.3 is 47.6 Å². The number of rotatable bonds is 31. The Morgan fingerprint density at radius 3 is 1.13 bits per heavy atom. The molecule has 0 radical (unpaired) electrons. The third-order valence-corrected chi connectivity index (χ3v) is 28.9. The topological polar surface area (TPSA) is 224 Å². The average molecular weight is 1820 g/mol. The molecule has 0 aliphatic heterocycles. The molecule has 3 saturated carbocycles. The van der Waals surface area contributed by atoms with Crippen LogP contribution in [0.2, 0.25) is 0 Å². The molecule has 3 aliphatic carbocycles. The van der Waals surface area contributed by atoms with Gasteiger partial charge in [-0.05, 0) is 224 Å². The van der Waals surface area contributed by atoms with Gasteiger partial charge in [0, 0.05) is 92.8 Å². The third kappa shape index (κ3) is 27.1. The molecule has 24 heteroatoms. The van der Waals surface area contributed by atoms with Crippen LogP contribution < -0.4 is 32.3 Å². The summed E-state index contributed by atoms with van der Waals surface area (Å²) in [5.41, 5.74) is 18.9. The van der Waals surface area contributed by atoms with Crippen LogP contribution in [0.15, 0.2) is 127 Å². The SMILES string of the molecule is Brc1nsc(Br)n1.CCCc1ccsc1CC(N)C(O)CNC1(c2cccc(C(C)(C)C)c2)CCCCC1.CCCc1ccsc1CC(Nc1nc(Br)ns1)C(O)CNC1(c2cccc(C(C)(C)C)c2)CCCCC1.CCCc1ccsc1CC(Nc1ncns1)C(O)CNC1(c2cccc(C(C)(C)C)c2)CCCCC1. The van der Waals surface area contributed by atoms with Gasteiger partial charge in [0.15, 0.2) is 3.92 Å². The summed E-state index contributed by atoms with van der Waals surface area (Å²) in [6, 6.07) is 33.4. The van der Waals surface area contributed by atoms with Crippen molar-refractivity contribution < 1.29 is 15.3 Å². The van der Waals surface area contributed by atoms with E-state index in [2.05, 4.69) is 293 Å². The molecule has 6 heterocycles. The second-order valence-corrected chi connectivity index (χ2v) is 41.8. The quantitative estimate of drug-likeness (QED) is 0.0197. The van der Waals surface area contributed by atoms with E-state index in [9.17, 15) is 15.3 Å². The highest BCUT2D eigenvalue weighted by Gasteiger charge is 2.39. The maximum absolute atomic E-state index is 11.6. The van der Waals surface area contributed by atoms with Crippen molar-refractivity contribution in [1.82, 2.24) is 44.0 Å². The maximum atomic E-state index is 11.6. The number of aryl methyl sites for hydroxylation is 3. The minimum atomic E-state index is -0.580. The van der Waals surface area contributed by atoms with Gasteiger partial charge in [0.05, 0.1) is 30.4 Å². The van der Waals surface area contributed by atoms with Gasteiger partial charge in [-0.25, -0.2) is 9.97 Å². The lowest BCUT2D eigenvalue weighted by molar-refractivity contribution is 0.117. The largest absolute Gasteiger partial charge is 0.390 e. The number of nitrogens with zero attached hydrogens (tertiary/aromatic N) is 6. The molecular formula is C87H125Br3N12O3S6. The molecule has 0 bridgehead atoms. The highest BCUT2D eigenvalue weighted by atomic mass is 79.9. The van der Waals surface area contributed by atoms with Gasteiger partial charge in [0.25, 0.3) is 0 Å². The van der Waals surface area contributed by atoms with Crippen molar-refractivity contribution in [2.24, 2.45) is 5.73 Å². The zero-order chi connectivity index (χ0) is 79.8. The van der Waals surface area contributed by atoms with Crippen molar-refractivity contribution in [3.63, 3.8) is 0 Å². The van der Waals surface area contributed by atoms with Gasteiger partial charge in [-0.1, -0.05) is 233 Å². The Kier molecular flexibility index (Phi) is 35.8. The van der Waals surface area contributed by atoms with E-state index in [1.807, 2.05) is 0 Å². The summed E-state index contributed by atoms with van der Waals surface area (Å²) in [5, 5.41) is 60.6. The minimum Gasteiger partial charge on any atom is -0.390 e. The Labute approximate surface area is 713 Å². The minimum absolute atomic E-state index is 0.0590. The van der Waals surface area contributed by atoms with Crippen molar-refractivity contribution in [2.75, 3.05) is 30.3 Å². The Hall–Kier alpha value is -3.80. The van der Waals surface area contributed by atoms with Gasteiger partial charge in [-0.15, -0.1) is 34.0 Å². The van der Waals surface area contributed by atoms with Crippen LogP contribution in [0.25, 0.3) is 0 Å². The van der Waals surface area contributed by atoms with E-state index in [-0.39, 0.29) is 51.0 Å². The van der Waals surface area contributed by atoms with E-state index >= 15 is 0 Å². The molecule has 6 unspecified atom stereocenters. The van der Waals surface area contributed by atoms with Crippen LogP contribution in [0.5, 0.6) is 0 Å². The smallest absolute Gasteiger partial charge is 0.210 e. The number of nitrogens with two attached hydrogens (primary N) is 1. The van der Waals surface area contributed by atoms with Crippen LogP contribution in [-0.4, -0.2) is 99.5 Å². The van der Waals surface area contributed by atoms with Gasteiger partial charge in [0.2, 0.25) is 19.7 Å². The van der Waals surface area contributed by atoms with Crippen LogP contribution >= 0.6 is 116 Å². The first-order valence-electron chi connectivity index (χ1n) is 40.5. The van der Waals surface area contributed by atoms with Crippen molar-refractivity contribution in [3.8, 4) is 0 Å². The monoisotopic (exact) mass is 1810 g/mol. The van der Waals surface area contributed by atoms with Crippen molar-refractivity contribution in [1.29, 1.82) is 0 Å². The van der Waals surface area contributed by atoms with Gasteiger partial charge in [0.1, 0.15) is 6.33 Å². The van der Waals surface area contributed by atoms with Gasteiger partial charge >= 0.3 is 0 Å². The summed E-state index contributed by atoms with van der Waals surface area (Å²) in [7, 11) is 0. The molecule has 6 atom stereocenters. The van der Waals surface area contributed by atoms with E-state index in [1.54, 1.807) is 40.3 Å². The van der Waals surface area contributed by atoms with Gasteiger partial charge in [-0.2, -0.15) is 18.1 Å². The Morgan fingerprint density at radius 2 is 0.811 bits per heavy atom. The summed E-state index contributed by atoms with van der Waals surface area (Å²) in [6.45, 7) is 28.7. The van der Waals surface area contributed by atoms with Crippen molar-refractivity contribution in [3.05, 3.63) is 192 Å². The zero-order valence-corrected chi connectivity index (χ0v) is 77.4. The standard InChI is InChI=1S/C29H41BrN4OS2.C29H42N4OS2.C27H42N2OS.C2Br2N2S/c1-5-10-20-13-16-36-25(20)18-23(32-27-33-26(30)34-37-27)24(35)19-31-29(14-7-6-8-15-29)22-12-9-11-21(17-22)28(2,3)4;1-5-10-21-13-16-35-26(21)18-24(33-27-30-20-32-36-27)25(34)19-31-29(14-7-6-8-15-29)23-12-9-11-22(17-23)28(2,3)4;1-5-10-20-13-16-31-25(20)18-23(28)24(30)19-29-27(14-7-6-8-15-27)22-12-9-11-21(17-22)26(2,3)4;3-1-5-2(4)7-6-1/h9,11-13,16-17,23-24,31,35H,5-8,10,14-15,18-19H2,1-4H3,(H,32,33,34);9,11-13,16-17,20,24-25,31,34H,5-8,10,14-15,18-19H2,1-4H3,(H,30,32,33);9,11-13,16-17,23-24,29-30H,5-8,10,14-15,18-19,28H2,1-4H3;. The number of anilines is 2. The number of aliphatic hydroxyl groups excluding tert-OH is 3. The molecule has 9 aromatic rings. The normalized spacial score (nSPS) is 17.3. The number of nitrogens with one attached hydrogen (secondary N) is 5. The predicted molar refractivity (Wildman–Crippen MR) is 483 cm³/mol. The number of halogens is 3. The van der Waals surface area contributed by atoms with Crippen LogP contribution in [0.1, 0.15) is 263 Å². The lowest BCUT2D eigenvalue weighted by Crippen LogP contribution is -2.51. The van der Waals surface area contributed by atoms with E-state index in [4.69, 9.17) is 5.73 Å². The summed E-state index contributed by atoms with van der Waals surface area (Å²) < 4.78 is 14.3. The summed E-state index contributed by atoms with van der Waals surface area (Å²) in [4.78, 5) is 16.7. The molecule has 0 amide bonds. The molecule has 111 heavy (non-hydrogen) atoms. The van der Waals surface area contributed by atoms with E-state index < -0.39 is 18.3 Å². The molecule has 10 N–H and O–H groups in total. The van der Waals surface area contributed by atoms with Crippen LogP contribution in [0, 0.1) is 0 Å². The second-order valence-electron chi connectivity index (χ2n) is 33.8. The molecular weight excluding hydrogens is 1690 g/mol. The predicted octanol–water partition coefficient (Wildman–Crippen LogP) is 21.9. The lowest BCUT2D eigenvalue weighted by Gasteiger charge is -2.41. The van der Waals surface area contributed by atoms with E-state index in [0.717, 1.165) is 110 Å². The Morgan fingerprint density at radius 1 is 0.450 bits per heavy atom. The molecule has 12 rings (SSSR count). The lowest BCUT2D eigenvalue weighted by atomic mass is 9.74. The summed E-state index contributed by atoms with van der Waals surface area (Å²) >= 11 is 18.9. The summed E-state index contributed by atoms with van der Waals surface area (Å²) in [5.74, 6) is 0. The Balaban J connectivity index is 0.000000183. The highest BCUT2D eigenvalue weighted by molar-refractivity contribution is 9.11. The number of thiophene rings is 3. The number of aliphatic hydroxyl groups is 3. The molecule has 6 aromatic heterocycles. The first-order valence-corrected chi connectivity index (χ1v) is 47.9. The molecule has 3 fully saturated rings. The Bertz CT molecular complexity index is 4140. The molecule has 3 aliphatic rings. The highest BCUT2D eigenvalue weighted by Crippen LogP contribution is 2.43. The van der Waals surface area contributed by atoms with E-state index in [0.29, 0.717) is 29.1 Å². The molecule has 0 spiro atoms. The van der Waals surface area contributed by atoms with Crippen molar-refractivity contribution >= 4 is 127 Å². The molecule has 15 nitrogen and oxygen atoms in total. The van der Waals surface area contributed by atoms with Crippen LogP contribution in [-0.2, 0) is 71.4 Å². The van der Waals surface area contributed by atoms with E-state index in [1.165, 1.54) is 157 Å². The number of hydrogen-bond donors (Lipinski definition) is 9. The number of benzene rings is 3. The summed E-state index contributed by atoms with van der Waals surface area (Å²) in [6.07, 6.45) is 26.6. The van der Waals surface area contributed by atoms with Crippen LogP contribution in [0.3, 0.4) is 0 Å². The number of aromatic nitrogens is 6. The first kappa shape index (κ1) is 91.1.